The number of rotatable bonds is 6. The van der Waals surface area contributed by atoms with Gasteiger partial charge in [0.15, 0.2) is 12.4 Å². The lowest BCUT2D eigenvalue weighted by Crippen LogP contribution is -2.21. The van der Waals surface area contributed by atoms with E-state index in [1.165, 1.54) is 11.3 Å². The molecule has 1 amide bonds. The lowest BCUT2D eigenvalue weighted by atomic mass is 10.3. The third-order valence-electron chi connectivity index (χ3n) is 3.56. The summed E-state index contributed by atoms with van der Waals surface area (Å²) in [6, 6.07) is 16.3. The zero-order valence-corrected chi connectivity index (χ0v) is 15.7. The molecule has 0 fully saturated rings. The van der Waals surface area contributed by atoms with Gasteiger partial charge in [0.2, 0.25) is 0 Å². The number of esters is 1. The van der Waals surface area contributed by atoms with Gasteiger partial charge in [0.1, 0.15) is 10.6 Å². The van der Waals surface area contributed by atoms with Crippen molar-refractivity contribution in [3.8, 4) is 11.5 Å². The summed E-state index contributed by atoms with van der Waals surface area (Å²) >= 11 is 1.24. The average molecular weight is 382 g/mol. The van der Waals surface area contributed by atoms with Crippen LogP contribution in [0, 0.1) is 13.8 Å². The summed E-state index contributed by atoms with van der Waals surface area (Å²) in [6.45, 7) is 3.15. The number of anilines is 1. The number of hydrogen-bond donors (Lipinski definition) is 1. The van der Waals surface area contributed by atoms with Crippen molar-refractivity contribution >= 4 is 28.9 Å². The highest BCUT2D eigenvalue weighted by Gasteiger charge is 2.17. The molecule has 138 valence electrons. The molecule has 0 atom stereocenters. The van der Waals surface area contributed by atoms with Gasteiger partial charge in [-0.3, -0.25) is 4.79 Å². The Morgan fingerprint density at radius 1 is 1.04 bits per heavy atom. The lowest BCUT2D eigenvalue weighted by molar-refractivity contribution is -0.119. The van der Waals surface area contributed by atoms with Gasteiger partial charge in [-0.05, 0) is 38.1 Å². The zero-order valence-electron chi connectivity index (χ0n) is 14.9. The highest BCUT2D eigenvalue weighted by atomic mass is 32.1. The van der Waals surface area contributed by atoms with Crippen molar-refractivity contribution in [3.05, 3.63) is 70.2 Å². The quantitative estimate of drug-likeness (QED) is 0.642. The van der Waals surface area contributed by atoms with E-state index in [9.17, 15) is 9.59 Å². The van der Waals surface area contributed by atoms with Crippen LogP contribution >= 0.6 is 11.3 Å². The van der Waals surface area contributed by atoms with Gasteiger partial charge in [-0.2, -0.15) is 0 Å². The Morgan fingerprint density at radius 2 is 1.74 bits per heavy atom. The molecule has 0 radical (unpaired) electrons. The number of amides is 1. The first kappa shape index (κ1) is 18.6. The van der Waals surface area contributed by atoms with Crippen LogP contribution in [0.15, 0.2) is 54.6 Å². The molecule has 3 aromatic rings. The minimum absolute atomic E-state index is 0.394. The summed E-state index contributed by atoms with van der Waals surface area (Å²) in [7, 11) is 0. The molecule has 0 aliphatic carbocycles. The van der Waals surface area contributed by atoms with Crippen molar-refractivity contribution < 1.29 is 19.1 Å². The van der Waals surface area contributed by atoms with E-state index in [2.05, 4.69) is 10.3 Å². The minimum atomic E-state index is -0.554. The Kier molecular flexibility index (Phi) is 5.83. The fourth-order valence-electron chi connectivity index (χ4n) is 2.38. The highest BCUT2D eigenvalue weighted by Crippen LogP contribution is 2.29. The monoisotopic (exact) mass is 382 g/mol. The molecular weight excluding hydrogens is 364 g/mol. The van der Waals surface area contributed by atoms with E-state index in [-0.39, 0.29) is 0 Å². The number of aromatic nitrogens is 1. The van der Waals surface area contributed by atoms with E-state index in [0.717, 1.165) is 5.01 Å². The number of ether oxygens (including phenoxy) is 2. The van der Waals surface area contributed by atoms with Gasteiger partial charge >= 0.3 is 5.97 Å². The standard InChI is InChI=1S/C20H18N2O4S/c1-13-19(27-14(2)21-13)20(24)25-12-18(23)22-16-10-6-7-11-17(16)26-15-8-4-3-5-9-15/h3-11H,12H2,1-2H3,(H,22,23). The van der Waals surface area contributed by atoms with Crippen LogP contribution in [0.4, 0.5) is 5.69 Å². The van der Waals surface area contributed by atoms with Crippen LogP contribution in [0.5, 0.6) is 11.5 Å². The van der Waals surface area contributed by atoms with Crippen LogP contribution in [0.3, 0.4) is 0 Å². The normalized spacial score (nSPS) is 10.3. The van der Waals surface area contributed by atoms with E-state index < -0.39 is 18.5 Å². The number of benzene rings is 2. The van der Waals surface area contributed by atoms with Crippen LogP contribution in [-0.2, 0) is 9.53 Å². The molecule has 0 bridgehead atoms. The molecule has 6 nitrogen and oxygen atoms in total. The Labute approximate surface area is 160 Å². The maximum Gasteiger partial charge on any atom is 0.350 e. The first-order valence-corrected chi connectivity index (χ1v) is 9.07. The molecule has 0 saturated heterocycles. The molecule has 0 unspecified atom stereocenters. The number of nitrogens with zero attached hydrogens (tertiary/aromatic N) is 1. The molecule has 1 aromatic heterocycles. The first-order valence-electron chi connectivity index (χ1n) is 8.26. The van der Waals surface area contributed by atoms with Gasteiger partial charge in [0.05, 0.1) is 16.4 Å². The molecular formula is C20H18N2O4S. The Balaban J connectivity index is 1.61. The van der Waals surface area contributed by atoms with Crippen LogP contribution in [0.25, 0.3) is 0 Å². The van der Waals surface area contributed by atoms with Crippen molar-refractivity contribution in [1.82, 2.24) is 4.98 Å². The Hall–Kier alpha value is -3.19. The van der Waals surface area contributed by atoms with Gasteiger partial charge in [0.25, 0.3) is 5.91 Å². The molecule has 1 N–H and O–H groups in total. The smallest absolute Gasteiger partial charge is 0.350 e. The van der Waals surface area contributed by atoms with Crippen molar-refractivity contribution in [2.75, 3.05) is 11.9 Å². The molecule has 1 heterocycles. The van der Waals surface area contributed by atoms with Crippen molar-refractivity contribution in [1.29, 1.82) is 0 Å². The van der Waals surface area contributed by atoms with Gasteiger partial charge in [0, 0.05) is 0 Å². The van der Waals surface area contributed by atoms with Crippen molar-refractivity contribution in [3.63, 3.8) is 0 Å². The van der Waals surface area contributed by atoms with E-state index >= 15 is 0 Å². The van der Waals surface area contributed by atoms with E-state index in [0.29, 0.717) is 27.8 Å². The summed E-state index contributed by atoms with van der Waals surface area (Å²) in [4.78, 5) is 28.9. The van der Waals surface area contributed by atoms with E-state index in [1.54, 1.807) is 25.1 Å². The summed E-state index contributed by atoms with van der Waals surface area (Å²) in [6.07, 6.45) is 0. The summed E-state index contributed by atoms with van der Waals surface area (Å²) in [5.41, 5.74) is 1.09. The topological polar surface area (TPSA) is 77.5 Å². The number of para-hydroxylation sites is 3. The number of carbonyl (C=O) groups is 2. The summed E-state index contributed by atoms with van der Waals surface area (Å²) in [5.74, 6) is 0.146. The second-order valence-corrected chi connectivity index (χ2v) is 6.89. The molecule has 0 aliphatic rings. The van der Waals surface area contributed by atoms with Crippen LogP contribution in [0.2, 0.25) is 0 Å². The molecule has 0 saturated carbocycles. The number of thiazole rings is 1. The third kappa shape index (κ3) is 4.92. The predicted octanol–water partition coefficient (Wildman–Crippen LogP) is 4.35. The van der Waals surface area contributed by atoms with Crippen molar-refractivity contribution in [2.45, 2.75) is 13.8 Å². The summed E-state index contributed by atoms with van der Waals surface area (Å²) < 4.78 is 10.9. The second kappa shape index (κ2) is 8.46. The molecule has 2 aromatic carbocycles. The van der Waals surface area contributed by atoms with E-state index in [1.807, 2.05) is 43.3 Å². The number of nitrogens with one attached hydrogen (secondary N) is 1. The highest BCUT2D eigenvalue weighted by molar-refractivity contribution is 7.13. The molecule has 7 heteroatoms. The fraction of sp³-hybridized carbons (Fsp3) is 0.150. The fourth-order valence-corrected chi connectivity index (χ4v) is 3.19. The SMILES string of the molecule is Cc1nc(C)c(C(=O)OCC(=O)Nc2ccccc2Oc2ccccc2)s1. The largest absolute Gasteiger partial charge is 0.455 e. The van der Waals surface area contributed by atoms with E-state index in [4.69, 9.17) is 9.47 Å². The van der Waals surface area contributed by atoms with Crippen LogP contribution < -0.4 is 10.1 Å². The summed E-state index contributed by atoms with van der Waals surface area (Å²) in [5, 5.41) is 3.48. The average Bonchev–Trinajstić information content (AvgIpc) is 3.00. The van der Waals surface area contributed by atoms with Gasteiger partial charge in [-0.1, -0.05) is 30.3 Å². The minimum Gasteiger partial charge on any atom is -0.455 e. The Bertz CT molecular complexity index is 954. The second-order valence-electron chi connectivity index (χ2n) is 5.68. The maximum absolute atomic E-state index is 12.2. The first-order chi connectivity index (χ1) is 13.0. The van der Waals surface area contributed by atoms with Crippen LogP contribution in [0.1, 0.15) is 20.4 Å². The third-order valence-corrected chi connectivity index (χ3v) is 4.61. The number of carbonyl (C=O) groups excluding carboxylic acids is 2. The lowest BCUT2D eigenvalue weighted by Gasteiger charge is -2.12. The molecule has 0 aliphatic heterocycles. The van der Waals surface area contributed by atoms with Crippen molar-refractivity contribution in [2.24, 2.45) is 0 Å². The van der Waals surface area contributed by atoms with Gasteiger partial charge < -0.3 is 14.8 Å². The number of aryl methyl sites for hydroxylation is 2. The molecule has 0 spiro atoms. The predicted molar refractivity (Wildman–Crippen MR) is 103 cm³/mol. The Morgan fingerprint density at radius 3 is 2.44 bits per heavy atom. The van der Waals surface area contributed by atoms with Gasteiger partial charge in [-0.25, -0.2) is 9.78 Å². The molecule has 27 heavy (non-hydrogen) atoms. The van der Waals surface area contributed by atoms with Crippen LogP contribution in [-0.4, -0.2) is 23.5 Å². The zero-order chi connectivity index (χ0) is 19.2. The number of hydrogen-bond acceptors (Lipinski definition) is 6. The molecule has 3 rings (SSSR count). The maximum atomic E-state index is 12.2. The van der Waals surface area contributed by atoms with Gasteiger partial charge in [-0.15, -0.1) is 11.3 Å².